The van der Waals surface area contributed by atoms with E-state index < -0.39 is 17.3 Å². The van der Waals surface area contributed by atoms with Crippen molar-refractivity contribution in [3.63, 3.8) is 0 Å². The molecule has 7 heteroatoms. The van der Waals surface area contributed by atoms with E-state index in [-0.39, 0.29) is 18.2 Å². The molecule has 0 aromatic heterocycles. The number of anilines is 1. The van der Waals surface area contributed by atoms with Crippen molar-refractivity contribution in [3.8, 4) is 0 Å². The molecule has 2 aliphatic heterocycles. The Morgan fingerprint density at radius 3 is 2.39 bits per heavy atom. The van der Waals surface area contributed by atoms with Crippen LogP contribution in [0.4, 0.5) is 23.7 Å². The van der Waals surface area contributed by atoms with E-state index in [4.69, 9.17) is 4.74 Å². The Morgan fingerprint density at radius 1 is 1.17 bits per heavy atom. The third-order valence-corrected chi connectivity index (χ3v) is 4.15. The summed E-state index contributed by atoms with van der Waals surface area (Å²) in [4.78, 5) is 15.5. The summed E-state index contributed by atoms with van der Waals surface area (Å²) in [6.45, 7) is 6.43. The van der Waals surface area contributed by atoms with Gasteiger partial charge in [0.05, 0.1) is 17.6 Å². The minimum atomic E-state index is -4.34. The van der Waals surface area contributed by atoms with Crippen LogP contribution in [0.25, 0.3) is 0 Å². The van der Waals surface area contributed by atoms with Crippen LogP contribution in [0.15, 0.2) is 24.3 Å². The van der Waals surface area contributed by atoms with Crippen LogP contribution in [-0.4, -0.2) is 41.8 Å². The lowest BCUT2D eigenvalue weighted by molar-refractivity contribution is -0.137. The maximum atomic E-state index is 12.8. The van der Waals surface area contributed by atoms with E-state index in [1.807, 2.05) is 4.90 Å². The third-order valence-electron chi connectivity index (χ3n) is 4.15. The summed E-state index contributed by atoms with van der Waals surface area (Å²) in [5.41, 5.74) is -0.654. The Balaban J connectivity index is 1.63. The van der Waals surface area contributed by atoms with E-state index in [1.165, 1.54) is 6.07 Å². The molecular weight excluding hydrogens is 309 g/mol. The van der Waals surface area contributed by atoms with Gasteiger partial charge in [-0.25, -0.2) is 4.79 Å². The number of fused-ring (bicyclic) bond motifs is 1. The number of amides is 1. The van der Waals surface area contributed by atoms with Gasteiger partial charge in [0, 0.05) is 18.8 Å². The first-order chi connectivity index (χ1) is 10.6. The highest BCUT2D eigenvalue weighted by Crippen LogP contribution is 2.40. The first-order valence-corrected chi connectivity index (χ1v) is 7.50. The molecule has 0 bridgehead atoms. The molecule has 0 aliphatic carbocycles. The van der Waals surface area contributed by atoms with Crippen LogP contribution in [0.1, 0.15) is 26.3 Å². The number of hydrogen-bond acceptors (Lipinski definition) is 3. The lowest BCUT2D eigenvalue weighted by Crippen LogP contribution is -2.80. The Bertz CT molecular complexity index is 624. The second-order valence-corrected chi connectivity index (χ2v) is 6.97. The molecule has 2 heterocycles. The molecule has 1 aromatic carbocycles. The first-order valence-electron chi connectivity index (χ1n) is 7.50. The molecule has 1 aromatic rings. The predicted molar refractivity (Wildman–Crippen MR) is 79.3 cm³/mol. The molecule has 2 atom stereocenters. The molecule has 0 spiro atoms. The van der Waals surface area contributed by atoms with Crippen LogP contribution in [0, 0.1) is 0 Å². The minimum Gasteiger partial charge on any atom is -0.444 e. The molecule has 1 unspecified atom stereocenters. The molecule has 0 N–H and O–H groups in total. The van der Waals surface area contributed by atoms with E-state index in [1.54, 1.807) is 31.7 Å². The molecule has 1 amide bonds. The number of carbonyl (C=O) groups is 1. The zero-order valence-corrected chi connectivity index (χ0v) is 13.2. The molecule has 0 saturated carbocycles. The van der Waals surface area contributed by atoms with Crippen molar-refractivity contribution in [1.82, 2.24) is 4.90 Å². The quantitative estimate of drug-likeness (QED) is 0.791. The van der Waals surface area contributed by atoms with Crippen molar-refractivity contribution in [3.05, 3.63) is 29.8 Å². The van der Waals surface area contributed by atoms with Gasteiger partial charge in [-0.05, 0) is 39.0 Å². The fourth-order valence-corrected chi connectivity index (χ4v) is 2.94. The standard InChI is InChI=1S/C16H19F3N2O2/c1-15(2,3)23-14(22)21-9-12-13(21)8-20(12)11-6-4-5-10(7-11)16(17,18)19/h4-7,12-13H,8-9H2,1-3H3/t12?,13-/m1/s1. The number of rotatable bonds is 1. The van der Waals surface area contributed by atoms with E-state index in [2.05, 4.69) is 0 Å². The average Bonchev–Trinajstić information content (AvgIpc) is 2.38. The van der Waals surface area contributed by atoms with Gasteiger partial charge in [-0.3, -0.25) is 4.90 Å². The van der Waals surface area contributed by atoms with Gasteiger partial charge in [0.25, 0.3) is 0 Å². The van der Waals surface area contributed by atoms with Gasteiger partial charge in [-0.15, -0.1) is 0 Å². The van der Waals surface area contributed by atoms with Crippen LogP contribution in [0.3, 0.4) is 0 Å². The molecule has 0 radical (unpaired) electrons. The zero-order valence-electron chi connectivity index (χ0n) is 13.2. The molecule has 2 saturated heterocycles. The Hall–Kier alpha value is -1.92. The van der Waals surface area contributed by atoms with Gasteiger partial charge in [0.1, 0.15) is 5.60 Å². The SMILES string of the molecule is CC(C)(C)OC(=O)N1CC2[C@H]1CN2c1cccc(C(F)(F)F)c1. The molecule has 4 nitrogen and oxygen atoms in total. The fourth-order valence-electron chi connectivity index (χ4n) is 2.94. The molecule has 23 heavy (non-hydrogen) atoms. The van der Waals surface area contributed by atoms with Crippen LogP contribution in [0.5, 0.6) is 0 Å². The van der Waals surface area contributed by atoms with E-state index >= 15 is 0 Å². The number of alkyl halides is 3. The lowest BCUT2D eigenvalue weighted by Gasteiger charge is -2.62. The van der Waals surface area contributed by atoms with Crippen molar-refractivity contribution in [2.75, 3.05) is 18.0 Å². The average molecular weight is 328 g/mol. The Labute approximate surface area is 132 Å². The lowest BCUT2D eigenvalue weighted by atomic mass is 9.85. The molecule has 2 aliphatic rings. The third kappa shape index (κ3) is 2.96. The number of benzene rings is 1. The first kappa shape index (κ1) is 16.0. The summed E-state index contributed by atoms with van der Waals surface area (Å²) in [6.07, 6.45) is -4.70. The summed E-state index contributed by atoms with van der Waals surface area (Å²) < 4.78 is 43.7. The number of carbonyl (C=O) groups excluding carboxylic acids is 1. The van der Waals surface area contributed by atoms with Crippen LogP contribution in [0.2, 0.25) is 0 Å². The second-order valence-electron chi connectivity index (χ2n) is 6.97. The van der Waals surface area contributed by atoms with E-state index in [9.17, 15) is 18.0 Å². The summed E-state index contributed by atoms with van der Waals surface area (Å²) >= 11 is 0. The summed E-state index contributed by atoms with van der Waals surface area (Å²) in [6, 6.07) is 5.41. The number of nitrogens with zero attached hydrogens (tertiary/aromatic N) is 2. The van der Waals surface area contributed by atoms with Crippen molar-refractivity contribution in [2.24, 2.45) is 0 Å². The van der Waals surface area contributed by atoms with Gasteiger partial charge in [0.2, 0.25) is 0 Å². The largest absolute Gasteiger partial charge is 0.444 e. The highest BCUT2D eigenvalue weighted by molar-refractivity contribution is 5.72. The minimum absolute atomic E-state index is 0.0272. The monoisotopic (exact) mass is 328 g/mol. The highest BCUT2D eigenvalue weighted by Gasteiger charge is 2.54. The van der Waals surface area contributed by atoms with Crippen molar-refractivity contribution in [1.29, 1.82) is 0 Å². The zero-order chi connectivity index (χ0) is 17.0. The predicted octanol–water partition coefficient (Wildman–Crippen LogP) is 3.51. The molecule has 2 fully saturated rings. The number of likely N-dealkylation sites (tertiary alicyclic amines) is 1. The molecular formula is C16H19F3N2O2. The Kier molecular flexibility index (Phi) is 3.50. The molecule has 126 valence electrons. The van der Waals surface area contributed by atoms with Gasteiger partial charge in [0.15, 0.2) is 0 Å². The van der Waals surface area contributed by atoms with Gasteiger partial charge in [-0.2, -0.15) is 13.2 Å². The van der Waals surface area contributed by atoms with Crippen molar-refractivity contribution in [2.45, 2.75) is 44.6 Å². The van der Waals surface area contributed by atoms with Crippen molar-refractivity contribution >= 4 is 11.8 Å². The number of halogens is 3. The van der Waals surface area contributed by atoms with Gasteiger partial charge < -0.3 is 9.64 Å². The fraction of sp³-hybridized carbons (Fsp3) is 0.562. The van der Waals surface area contributed by atoms with Crippen molar-refractivity contribution < 1.29 is 22.7 Å². The topological polar surface area (TPSA) is 32.8 Å². The van der Waals surface area contributed by atoms with E-state index in [0.717, 1.165) is 12.1 Å². The maximum Gasteiger partial charge on any atom is 0.416 e. The normalized spacial score (nSPS) is 23.7. The number of ether oxygens (including phenoxy) is 1. The summed E-state index contributed by atoms with van der Waals surface area (Å²) in [5.74, 6) is 0. The summed E-state index contributed by atoms with van der Waals surface area (Å²) in [7, 11) is 0. The number of piperazine rings is 1. The second kappa shape index (κ2) is 5.04. The van der Waals surface area contributed by atoms with Crippen LogP contribution >= 0.6 is 0 Å². The highest BCUT2D eigenvalue weighted by atomic mass is 19.4. The van der Waals surface area contributed by atoms with Gasteiger partial charge >= 0.3 is 12.3 Å². The Morgan fingerprint density at radius 2 is 1.87 bits per heavy atom. The van der Waals surface area contributed by atoms with Crippen LogP contribution in [-0.2, 0) is 10.9 Å². The summed E-state index contributed by atoms with van der Waals surface area (Å²) in [5, 5.41) is 0. The maximum absolute atomic E-state index is 12.8. The van der Waals surface area contributed by atoms with E-state index in [0.29, 0.717) is 18.8 Å². The number of hydrogen-bond donors (Lipinski definition) is 0. The molecule has 3 rings (SSSR count). The van der Waals surface area contributed by atoms with Gasteiger partial charge in [-0.1, -0.05) is 6.07 Å². The van der Waals surface area contributed by atoms with Crippen LogP contribution < -0.4 is 4.90 Å². The smallest absolute Gasteiger partial charge is 0.416 e.